The van der Waals surface area contributed by atoms with Crippen LogP contribution >= 0.6 is 0 Å². The van der Waals surface area contributed by atoms with Crippen LogP contribution in [0.5, 0.6) is 0 Å². The lowest BCUT2D eigenvalue weighted by Crippen LogP contribution is -2.40. The van der Waals surface area contributed by atoms with E-state index in [0.29, 0.717) is 0 Å². The highest BCUT2D eigenvalue weighted by Crippen LogP contribution is 2.45. The summed E-state index contributed by atoms with van der Waals surface area (Å²) in [6.45, 7) is 2.49. The molecule has 3 aromatic rings. The standard InChI is InChI=1S/C19H17BN2/c1-20-21(16-10-4-2-5-11-16)18-14-8-9-15-19(18)22(20)17-12-6-3-7-13-17/h2-15H,1H3. The quantitative estimate of drug-likeness (QED) is 0.604. The molecule has 1 heterocycles. The summed E-state index contributed by atoms with van der Waals surface area (Å²) >= 11 is 0. The van der Waals surface area contributed by atoms with Crippen LogP contribution in [0.3, 0.4) is 0 Å². The first-order valence-electron chi connectivity index (χ1n) is 7.64. The molecular formula is C19H17BN2. The summed E-state index contributed by atoms with van der Waals surface area (Å²) in [5, 5.41) is 0. The van der Waals surface area contributed by atoms with Gasteiger partial charge in [-0.3, -0.25) is 0 Å². The molecule has 4 rings (SSSR count). The van der Waals surface area contributed by atoms with Crippen molar-refractivity contribution in [2.45, 2.75) is 6.82 Å². The van der Waals surface area contributed by atoms with Crippen molar-refractivity contribution in [3.63, 3.8) is 0 Å². The number of hydrogen-bond donors (Lipinski definition) is 0. The van der Waals surface area contributed by atoms with Crippen LogP contribution < -0.4 is 9.62 Å². The Morgan fingerprint density at radius 2 is 0.909 bits per heavy atom. The van der Waals surface area contributed by atoms with Gasteiger partial charge in [0.25, 0.3) is 0 Å². The van der Waals surface area contributed by atoms with Gasteiger partial charge < -0.3 is 9.62 Å². The third-order valence-corrected chi connectivity index (χ3v) is 4.22. The summed E-state index contributed by atoms with van der Waals surface area (Å²) in [6, 6.07) is 29.8. The Morgan fingerprint density at radius 1 is 0.545 bits per heavy atom. The van der Waals surface area contributed by atoms with Crippen molar-refractivity contribution in [2.24, 2.45) is 0 Å². The third-order valence-electron chi connectivity index (χ3n) is 4.22. The molecule has 0 saturated heterocycles. The van der Waals surface area contributed by atoms with E-state index >= 15 is 0 Å². The fraction of sp³-hybridized carbons (Fsp3) is 0.0526. The number of benzene rings is 3. The first kappa shape index (κ1) is 13.0. The lowest BCUT2D eigenvalue weighted by Gasteiger charge is -2.27. The van der Waals surface area contributed by atoms with Crippen molar-refractivity contribution >= 4 is 29.7 Å². The number of nitrogens with zero attached hydrogens (tertiary/aromatic N) is 2. The summed E-state index contributed by atoms with van der Waals surface area (Å²) in [5.74, 6) is 0. The van der Waals surface area contributed by atoms with Crippen LogP contribution in [0.1, 0.15) is 0 Å². The van der Waals surface area contributed by atoms with Gasteiger partial charge in [0.15, 0.2) is 0 Å². The van der Waals surface area contributed by atoms with E-state index in [9.17, 15) is 0 Å². The second kappa shape index (κ2) is 5.26. The number of anilines is 4. The maximum Gasteiger partial charge on any atom is 0.381 e. The Labute approximate surface area is 131 Å². The van der Waals surface area contributed by atoms with Crippen molar-refractivity contribution in [3.8, 4) is 0 Å². The van der Waals surface area contributed by atoms with Crippen molar-refractivity contribution in [2.75, 3.05) is 9.62 Å². The van der Waals surface area contributed by atoms with Gasteiger partial charge in [-0.05, 0) is 43.2 Å². The molecule has 3 aromatic carbocycles. The monoisotopic (exact) mass is 284 g/mol. The van der Waals surface area contributed by atoms with Crippen LogP contribution in [0, 0.1) is 0 Å². The van der Waals surface area contributed by atoms with Crippen molar-refractivity contribution in [1.82, 2.24) is 0 Å². The highest BCUT2D eigenvalue weighted by molar-refractivity contribution is 6.72. The Balaban J connectivity index is 1.87. The van der Waals surface area contributed by atoms with Gasteiger partial charge >= 0.3 is 6.98 Å². The smallest absolute Gasteiger partial charge is 0.364 e. The van der Waals surface area contributed by atoms with E-state index in [2.05, 4.69) is 101 Å². The molecule has 0 spiro atoms. The molecule has 0 N–H and O–H groups in total. The molecule has 1 aliphatic heterocycles. The van der Waals surface area contributed by atoms with Gasteiger partial charge in [0.2, 0.25) is 0 Å². The Hall–Kier alpha value is -2.68. The average molecular weight is 284 g/mol. The Kier molecular flexibility index (Phi) is 3.12. The zero-order valence-electron chi connectivity index (χ0n) is 12.6. The lowest BCUT2D eigenvalue weighted by atomic mass is 9.75. The van der Waals surface area contributed by atoms with Crippen molar-refractivity contribution in [1.29, 1.82) is 0 Å². The largest absolute Gasteiger partial charge is 0.381 e. The van der Waals surface area contributed by atoms with E-state index in [1.807, 2.05) is 0 Å². The van der Waals surface area contributed by atoms with Crippen molar-refractivity contribution in [3.05, 3.63) is 84.9 Å². The molecule has 0 bridgehead atoms. The average Bonchev–Trinajstić information content (AvgIpc) is 2.88. The van der Waals surface area contributed by atoms with E-state index < -0.39 is 0 Å². The van der Waals surface area contributed by atoms with Gasteiger partial charge in [-0.15, -0.1) is 0 Å². The lowest BCUT2D eigenvalue weighted by molar-refractivity contribution is 1.38. The predicted octanol–water partition coefficient (Wildman–Crippen LogP) is 5.09. The molecule has 0 atom stereocenters. The molecular weight excluding hydrogens is 267 g/mol. The molecule has 0 unspecified atom stereocenters. The number of fused-ring (bicyclic) bond motifs is 1. The third kappa shape index (κ3) is 1.98. The second-order valence-corrected chi connectivity index (χ2v) is 5.53. The maximum atomic E-state index is 2.39. The van der Waals surface area contributed by atoms with Gasteiger partial charge in [0.05, 0.1) is 11.4 Å². The fourth-order valence-electron chi connectivity index (χ4n) is 3.28. The fourth-order valence-corrected chi connectivity index (χ4v) is 3.28. The van der Waals surface area contributed by atoms with Gasteiger partial charge in [-0.2, -0.15) is 0 Å². The summed E-state index contributed by atoms with van der Waals surface area (Å²) < 4.78 is 0. The van der Waals surface area contributed by atoms with Gasteiger partial charge in [0.1, 0.15) is 0 Å². The first-order chi connectivity index (χ1) is 10.9. The summed E-state index contributed by atoms with van der Waals surface area (Å²) in [6.07, 6.45) is 0. The van der Waals surface area contributed by atoms with Crippen LogP contribution in [0.2, 0.25) is 6.82 Å². The van der Waals surface area contributed by atoms with E-state index in [4.69, 9.17) is 0 Å². The molecule has 0 fully saturated rings. The molecule has 106 valence electrons. The van der Waals surface area contributed by atoms with Crippen LogP contribution in [-0.2, 0) is 0 Å². The van der Waals surface area contributed by atoms with Crippen LogP contribution in [0.4, 0.5) is 22.7 Å². The Morgan fingerprint density at radius 3 is 1.32 bits per heavy atom. The molecule has 3 heteroatoms. The Bertz CT molecular complexity index is 707. The minimum atomic E-state index is 0.238. The molecule has 1 aliphatic rings. The second-order valence-electron chi connectivity index (χ2n) is 5.53. The number of para-hydroxylation sites is 4. The minimum absolute atomic E-state index is 0.238. The maximum absolute atomic E-state index is 2.39. The molecule has 0 aliphatic carbocycles. The predicted molar refractivity (Wildman–Crippen MR) is 95.2 cm³/mol. The van der Waals surface area contributed by atoms with E-state index in [1.165, 1.54) is 22.7 Å². The van der Waals surface area contributed by atoms with E-state index in [0.717, 1.165) is 0 Å². The van der Waals surface area contributed by atoms with Gasteiger partial charge in [-0.1, -0.05) is 48.5 Å². The van der Waals surface area contributed by atoms with Gasteiger partial charge in [0, 0.05) is 11.4 Å². The molecule has 2 nitrogen and oxygen atoms in total. The molecule has 0 saturated carbocycles. The SMILES string of the molecule is CB1N(c2ccccc2)c2ccccc2N1c1ccccc1. The highest BCUT2D eigenvalue weighted by Gasteiger charge is 2.38. The van der Waals surface area contributed by atoms with Gasteiger partial charge in [-0.25, -0.2) is 0 Å². The summed E-state index contributed by atoms with van der Waals surface area (Å²) in [7, 11) is 0. The summed E-state index contributed by atoms with van der Waals surface area (Å²) in [4.78, 5) is 4.78. The summed E-state index contributed by atoms with van der Waals surface area (Å²) in [5.41, 5.74) is 4.96. The molecule has 0 aromatic heterocycles. The molecule has 0 radical (unpaired) electrons. The zero-order chi connectivity index (χ0) is 14.9. The number of hydrogen-bond acceptors (Lipinski definition) is 2. The van der Waals surface area contributed by atoms with E-state index in [-0.39, 0.29) is 6.98 Å². The van der Waals surface area contributed by atoms with Crippen LogP contribution in [-0.4, -0.2) is 6.98 Å². The topological polar surface area (TPSA) is 6.48 Å². The normalized spacial score (nSPS) is 13.4. The number of rotatable bonds is 2. The highest BCUT2D eigenvalue weighted by atomic mass is 15.3. The van der Waals surface area contributed by atoms with Crippen LogP contribution in [0.15, 0.2) is 84.9 Å². The van der Waals surface area contributed by atoms with E-state index in [1.54, 1.807) is 0 Å². The first-order valence-corrected chi connectivity index (χ1v) is 7.64. The van der Waals surface area contributed by atoms with Crippen LogP contribution in [0.25, 0.3) is 0 Å². The zero-order valence-corrected chi connectivity index (χ0v) is 12.6. The molecule has 0 amide bonds. The minimum Gasteiger partial charge on any atom is -0.364 e. The molecule has 22 heavy (non-hydrogen) atoms. The van der Waals surface area contributed by atoms with Crippen molar-refractivity contribution < 1.29 is 0 Å².